The SMILES string of the molecule is CC(NC(=O)C(C)S(=O)(=O)Cc1nc(-c2cccs2)no1)c1ccccc1. The quantitative estimate of drug-likeness (QED) is 0.648. The fraction of sp³-hybridized carbons (Fsp3) is 0.278. The van der Waals surface area contributed by atoms with Gasteiger partial charge < -0.3 is 9.84 Å². The molecule has 9 heteroatoms. The summed E-state index contributed by atoms with van der Waals surface area (Å²) in [5, 5.41) is 7.15. The largest absolute Gasteiger partial charge is 0.348 e. The van der Waals surface area contributed by atoms with Crippen molar-refractivity contribution >= 4 is 27.1 Å². The molecule has 142 valence electrons. The molecule has 2 aromatic heterocycles. The molecule has 0 aliphatic carbocycles. The van der Waals surface area contributed by atoms with Gasteiger partial charge in [-0.05, 0) is 30.9 Å². The third kappa shape index (κ3) is 4.61. The first kappa shape index (κ1) is 19.2. The van der Waals surface area contributed by atoms with E-state index in [-0.39, 0.29) is 11.9 Å². The van der Waals surface area contributed by atoms with Crippen molar-refractivity contribution < 1.29 is 17.7 Å². The zero-order valence-electron chi connectivity index (χ0n) is 14.8. The van der Waals surface area contributed by atoms with Crippen molar-refractivity contribution in [3.8, 4) is 10.7 Å². The summed E-state index contributed by atoms with van der Waals surface area (Å²) in [5.74, 6) is -0.747. The second-order valence-corrected chi connectivity index (χ2v) is 9.35. The first-order valence-electron chi connectivity index (χ1n) is 8.30. The lowest BCUT2D eigenvalue weighted by Gasteiger charge is -2.17. The normalized spacial score (nSPS) is 13.9. The zero-order chi connectivity index (χ0) is 19.4. The van der Waals surface area contributed by atoms with E-state index in [2.05, 4.69) is 15.5 Å². The first-order chi connectivity index (χ1) is 12.9. The van der Waals surface area contributed by atoms with Crippen molar-refractivity contribution in [1.29, 1.82) is 0 Å². The Balaban J connectivity index is 1.66. The van der Waals surface area contributed by atoms with Crippen LogP contribution in [0.2, 0.25) is 0 Å². The topological polar surface area (TPSA) is 102 Å². The van der Waals surface area contributed by atoms with E-state index in [9.17, 15) is 13.2 Å². The number of amides is 1. The Bertz CT molecular complexity index is 998. The van der Waals surface area contributed by atoms with Crippen LogP contribution in [-0.2, 0) is 20.4 Å². The number of carbonyl (C=O) groups is 1. The first-order valence-corrected chi connectivity index (χ1v) is 10.9. The van der Waals surface area contributed by atoms with Crippen LogP contribution in [0.4, 0.5) is 0 Å². The van der Waals surface area contributed by atoms with Crippen LogP contribution >= 0.6 is 11.3 Å². The molecule has 1 aromatic carbocycles. The van der Waals surface area contributed by atoms with Crippen LogP contribution in [0.25, 0.3) is 10.7 Å². The highest BCUT2D eigenvalue weighted by Gasteiger charge is 2.31. The lowest BCUT2D eigenvalue weighted by atomic mass is 10.1. The number of sulfone groups is 1. The molecule has 0 aliphatic heterocycles. The number of benzene rings is 1. The van der Waals surface area contributed by atoms with Gasteiger partial charge in [-0.2, -0.15) is 4.98 Å². The highest BCUT2D eigenvalue weighted by atomic mass is 32.2. The van der Waals surface area contributed by atoms with E-state index in [0.29, 0.717) is 5.82 Å². The summed E-state index contributed by atoms with van der Waals surface area (Å²) < 4.78 is 30.2. The molecule has 3 aromatic rings. The molecule has 0 saturated carbocycles. The molecule has 0 bridgehead atoms. The predicted molar refractivity (Wildman–Crippen MR) is 103 cm³/mol. The molecular formula is C18H19N3O4S2. The van der Waals surface area contributed by atoms with Gasteiger partial charge in [0.2, 0.25) is 17.6 Å². The molecular weight excluding hydrogens is 386 g/mol. The minimum absolute atomic E-state index is 0.0332. The number of hydrogen-bond donors (Lipinski definition) is 1. The van der Waals surface area contributed by atoms with Crippen molar-refractivity contribution in [3.05, 3.63) is 59.3 Å². The molecule has 27 heavy (non-hydrogen) atoms. The Morgan fingerprint density at radius 3 is 2.59 bits per heavy atom. The molecule has 3 rings (SSSR count). The van der Waals surface area contributed by atoms with Crippen LogP contribution in [0, 0.1) is 0 Å². The van der Waals surface area contributed by atoms with Crippen molar-refractivity contribution in [2.24, 2.45) is 0 Å². The monoisotopic (exact) mass is 405 g/mol. The number of rotatable bonds is 7. The molecule has 0 radical (unpaired) electrons. The number of aromatic nitrogens is 2. The smallest absolute Gasteiger partial charge is 0.242 e. The van der Waals surface area contributed by atoms with Gasteiger partial charge in [0.25, 0.3) is 0 Å². The van der Waals surface area contributed by atoms with E-state index in [1.54, 1.807) is 6.92 Å². The second kappa shape index (κ2) is 8.01. The molecule has 0 aliphatic rings. The summed E-state index contributed by atoms with van der Waals surface area (Å²) in [5.41, 5.74) is 0.896. The molecule has 2 unspecified atom stereocenters. The number of hydrogen-bond acceptors (Lipinski definition) is 7. The lowest BCUT2D eigenvalue weighted by molar-refractivity contribution is -0.121. The summed E-state index contributed by atoms with van der Waals surface area (Å²) in [7, 11) is -3.80. The minimum atomic E-state index is -3.80. The molecule has 0 spiro atoms. The Kier molecular flexibility index (Phi) is 5.71. The molecule has 0 fully saturated rings. The van der Waals surface area contributed by atoms with E-state index in [1.165, 1.54) is 18.3 Å². The molecule has 2 atom stereocenters. The van der Waals surface area contributed by atoms with Gasteiger partial charge >= 0.3 is 0 Å². The van der Waals surface area contributed by atoms with Crippen molar-refractivity contribution in [2.75, 3.05) is 0 Å². The average Bonchev–Trinajstić information content (AvgIpc) is 3.33. The Labute approximate surface area is 161 Å². The molecule has 2 heterocycles. The predicted octanol–water partition coefficient (Wildman–Crippen LogP) is 2.98. The Hall–Kier alpha value is -2.52. The van der Waals surface area contributed by atoms with E-state index in [4.69, 9.17) is 4.52 Å². The molecule has 1 N–H and O–H groups in total. The van der Waals surface area contributed by atoms with E-state index < -0.39 is 26.7 Å². The van der Waals surface area contributed by atoms with Crippen molar-refractivity contribution in [1.82, 2.24) is 15.5 Å². The van der Waals surface area contributed by atoms with Crippen molar-refractivity contribution in [2.45, 2.75) is 30.9 Å². The third-order valence-electron chi connectivity index (χ3n) is 4.10. The fourth-order valence-corrected chi connectivity index (χ4v) is 4.19. The Morgan fingerprint density at radius 2 is 1.93 bits per heavy atom. The highest BCUT2D eigenvalue weighted by Crippen LogP contribution is 2.22. The van der Waals surface area contributed by atoms with Crippen LogP contribution in [0.1, 0.15) is 31.3 Å². The van der Waals surface area contributed by atoms with E-state index in [0.717, 1.165) is 10.4 Å². The van der Waals surface area contributed by atoms with Crippen LogP contribution < -0.4 is 5.32 Å². The zero-order valence-corrected chi connectivity index (χ0v) is 16.5. The maximum Gasteiger partial charge on any atom is 0.242 e. The number of carbonyl (C=O) groups excluding carboxylic acids is 1. The standard InChI is InChI=1S/C18H19N3O4S2/c1-12(14-7-4-3-5-8-14)19-18(22)13(2)27(23,24)11-16-20-17(21-25-16)15-9-6-10-26-15/h3-10,12-13H,11H2,1-2H3,(H,19,22). The number of thiophene rings is 1. The Morgan fingerprint density at radius 1 is 1.19 bits per heavy atom. The van der Waals surface area contributed by atoms with Gasteiger partial charge in [0.1, 0.15) is 11.0 Å². The van der Waals surface area contributed by atoms with Gasteiger partial charge in [-0.1, -0.05) is 41.6 Å². The molecule has 1 amide bonds. The van der Waals surface area contributed by atoms with Gasteiger partial charge in [-0.25, -0.2) is 8.42 Å². The van der Waals surface area contributed by atoms with Gasteiger partial charge in [0.05, 0.1) is 10.9 Å². The molecule has 7 nitrogen and oxygen atoms in total. The number of nitrogens with zero attached hydrogens (tertiary/aromatic N) is 2. The third-order valence-corrected chi connectivity index (χ3v) is 6.91. The van der Waals surface area contributed by atoms with Gasteiger partial charge in [-0.3, -0.25) is 4.79 Å². The van der Waals surface area contributed by atoms with E-state index >= 15 is 0 Å². The second-order valence-electron chi connectivity index (χ2n) is 6.08. The lowest BCUT2D eigenvalue weighted by Crippen LogP contribution is -2.39. The minimum Gasteiger partial charge on any atom is -0.348 e. The van der Waals surface area contributed by atoms with Crippen molar-refractivity contribution in [3.63, 3.8) is 0 Å². The maximum absolute atomic E-state index is 12.6. The van der Waals surface area contributed by atoms with Crippen LogP contribution in [0.15, 0.2) is 52.4 Å². The maximum atomic E-state index is 12.6. The average molecular weight is 406 g/mol. The van der Waals surface area contributed by atoms with Gasteiger partial charge in [0.15, 0.2) is 9.84 Å². The van der Waals surface area contributed by atoms with Crippen LogP contribution in [-0.4, -0.2) is 29.7 Å². The van der Waals surface area contributed by atoms with Crippen LogP contribution in [0.5, 0.6) is 0 Å². The van der Waals surface area contributed by atoms with Gasteiger partial charge in [-0.15, -0.1) is 11.3 Å². The summed E-state index contributed by atoms with van der Waals surface area (Å²) >= 11 is 1.42. The summed E-state index contributed by atoms with van der Waals surface area (Å²) in [6, 6.07) is 12.7. The van der Waals surface area contributed by atoms with Gasteiger partial charge in [0, 0.05) is 0 Å². The highest BCUT2D eigenvalue weighted by molar-refractivity contribution is 7.92. The fourth-order valence-electron chi connectivity index (χ4n) is 2.44. The molecule has 0 saturated heterocycles. The number of nitrogens with one attached hydrogen (secondary N) is 1. The van der Waals surface area contributed by atoms with E-state index in [1.807, 2.05) is 47.8 Å². The summed E-state index contributed by atoms with van der Waals surface area (Å²) in [4.78, 5) is 17.3. The summed E-state index contributed by atoms with van der Waals surface area (Å²) in [6.07, 6.45) is 0. The van der Waals surface area contributed by atoms with Crippen LogP contribution in [0.3, 0.4) is 0 Å². The summed E-state index contributed by atoms with van der Waals surface area (Å²) in [6.45, 7) is 3.16.